The van der Waals surface area contributed by atoms with Crippen molar-refractivity contribution >= 4 is 21.8 Å². The Kier molecular flexibility index (Phi) is 4.40. The first kappa shape index (κ1) is 19.5. The number of hydrogen-bond acceptors (Lipinski definition) is 3. The second kappa shape index (κ2) is 7.45. The molecule has 0 atom stereocenters. The Labute approximate surface area is 192 Å². The highest BCUT2D eigenvalue weighted by molar-refractivity contribution is 6.09. The molecule has 6 rings (SSSR count). The number of rotatable bonds is 3. The minimum atomic E-state index is 0.526. The summed E-state index contributed by atoms with van der Waals surface area (Å²) in [7, 11) is 0. The molecular weight excluding hydrogens is 406 g/mol. The first-order valence-electron chi connectivity index (χ1n) is 11.1. The molecule has 0 aliphatic carbocycles. The molecule has 0 radical (unpaired) electrons. The van der Waals surface area contributed by atoms with Gasteiger partial charge in [-0.3, -0.25) is 0 Å². The Morgan fingerprint density at radius 2 is 1.18 bits per heavy atom. The Bertz CT molecular complexity index is 1560. The smallest absolute Gasteiger partial charge is 0.248 e. The molecule has 0 aliphatic heterocycles. The van der Waals surface area contributed by atoms with Crippen LogP contribution in [-0.4, -0.2) is 14.8 Å². The number of hydrogen-bond donors (Lipinski definition) is 0. The van der Waals surface area contributed by atoms with E-state index < -0.39 is 0 Å². The van der Waals surface area contributed by atoms with Gasteiger partial charge in [0.15, 0.2) is 0 Å². The van der Waals surface area contributed by atoms with E-state index in [1.807, 2.05) is 12.1 Å². The van der Waals surface area contributed by atoms with Gasteiger partial charge in [-0.05, 0) is 68.3 Å². The predicted molar refractivity (Wildman–Crippen MR) is 134 cm³/mol. The largest absolute Gasteiger partial charge is 0.416 e. The van der Waals surface area contributed by atoms with Gasteiger partial charge in [-0.2, -0.15) is 0 Å². The van der Waals surface area contributed by atoms with Crippen LogP contribution < -0.4 is 0 Å². The molecule has 4 heteroatoms. The van der Waals surface area contributed by atoms with Crippen molar-refractivity contribution in [1.82, 2.24) is 14.8 Å². The van der Waals surface area contributed by atoms with Crippen molar-refractivity contribution in [2.45, 2.75) is 20.8 Å². The lowest BCUT2D eigenvalue weighted by molar-refractivity contribution is 0.583. The van der Waals surface area contributed by atoms with E-state index in [4.69, 9.17) is 4.42 Å². The van der Waals surface area contributed by atoms with Crippen LogP contribution >= 0.6 is 0 Å². The van der Waals surface area contributed by atoms with Crippen molar-refractivity contribution in [3.8, 4) is 28.6 Å². The van der Waals surface area contributed by atoms with Crippen molar-refractivity contribution in [3.05, 3.63) is 102 Å². The third-order valence-electron chi connectivity index (χ3n) is 6.27. The minimum Gasteiger partial charge on any atom is -0.416 e. The zero-order chi connectivity index (χ0) is 22.5. The van der Waals surface area contributed by atoms with E-state index in [0.29, 0.717) is 11.8 Å². The van der Waals surface area contributed by atoms with Crippen LogP contribution in [0.1, 0.15) is 16.7 Å². The SMILES string of the molecule is Cc1cc(C)c(-c2nnc(-c3ccc(-n4c5ccccc5c5ccccc54)cc3)o2)c(C)c1. The van der Waals surface area contributed by atoms with Gasteiger partial charge in [-0.1, -0.05) is 54.1 Å². The van der Waals surface area contributed by atoms with Crippen LogP contribution in [0.5, 0.6) is 0 Å². The van der Waals surface area contributed by atoms with Crippen molar-refractivity contribution in [2.24, 2.45) is 0 Å². The fourth-order valence-electron chi connectivity index (χ4n) is 4.91. The average molecular weight is 430 g/mol. The normalized spacial score (nSPS) is 11.5. The molecule has 0 aliphatic rings. The maximum absolute atomic E-state index is 6.10. The van der Waals surface area contributed by atoms with Crippen LogP contribution in [0.25, 0.3) is 50.4 Å². The fourth-order valence-corrected chi connectivity index (χ4v) is 4.91. The third-order valence-corrected chi connectivity index (χ3v) is 6.27. The Morgan fingerprint density at radius 1 is 0.636 bits per heavy atom. The van der Waals surface area contributed by atoms with Gasteiger partial charge in [-0.15, -0.1) is 10.2 Å². The van der Waals surface area contributed by atoms with Crippen LogP contribution in [0, 0.1) is 20.8 Å². The number of fused-ring (bicyclic) bond motifs is 3. The monoisotopic (exact) mass is 429 g/mol. The maximum atomic E-state index is 6.10. The van der Waals surface area contributed by atoms with Crippen molar-refractivity contribution in [1.29, 1.82) is 0 Å². The van der Waals surface area contributed by atoms with Gasteiger partial charge >= 0.3 is 0 Å². The van der Waals surface area contributed by atoms with E-state index >= 15 is 0 Å². The van der Waals surface area contributed by atoms with Gasteiger partial charge in [-0.25, -0.2) is 0 Å². The molecule has 33 heavy (non-hydrogen) atoms. The molecule has 0 saturated carbocycles. The first-order chi connectivity index (χ1) is 16.1. The summed E-state index contributed by atoms with van der Waals surface area (Å²) in [4.78, 5) is 0. The highest BCUT2D eigenvalue weighted by Crippen LogP contribution is 2.33. The van der Waals surface area contributed by atoms with Crippen LogP contribution in [0.15, 0.2) is 89.3 Å². The van der Waals surface area contributed by atoms with Crippen molar-refractivity contribution < 1.29 is 4.42 Å². The Balaban J connectivity index is 1.41. The summed E-state index contributed by atoms with van der Waals surface area (Å²) >= 11 is 0. The fraction of sp³-hybridized carbons (Fsp3) is 0.103. The van der Waals surface area contributed by atoms with Gasteiger partial charge in [0.2, 0.25) is 11.8 Å². The van der Waals surface area contributed by atoms with Gasteiger partial charge in [0.1, 0.15) is 0 Å². The lowest BCUT2D eigenvalue weighted by Crippen LogP contribution is -1.93. The third kappa shape index (κ3) is 3.14. The summed E-state index contributed by atoms with van der Waals surface area (Å²) in [6, 6.07) is 29.6. The highest BCUT2D eigenvalue weighted by Gasteiger charge is 2.16. The lowest BCUT2D eigenvalue weighted by Gasteiger charge is -2.08. The molecule has 0 N–H and O–H groups in total. The van der Waals surface area contributed by atoms with E-state index in [1.54, 1.807) is 0 Å². The minimum absolute atomic E-state index is 0.526. The van der Waals surface area contributed by atoms with Gasteiger partial charge in [0.25, 0.3) is 0 Å². The number of benzene rings is 4. The zero-order valence-corrected chi connectivity index (χ0v) is 18.8. The predicted octanol–water partition coefficient (Wildman–Crippen LogP) is 7.43. The summed E-state index contributed by atoms with van der Waals surface area (Å²) < 4.78 is 8.40. The summed E-state index contributed by atoms with van der Waals surface area (Å²) in [5.41, 5.74) is 8.92. The first-order valence-corrected chi connectivity index (χ1v) is 11.1. The summed E-state index contributed by atoms with van der Waals surface area (Å²) in [5.74, 6) is 1.09. The topological polar surface area (TPSA) is 43.9 Å². The van der Waals surface area contributed by atoms with E-state index in [0.717, 1.165) is 27.9 Å². The van der Waals surface area contributed by atoms with E-state index in [2.05, 4.69) is 108 Å². The van der Waals surface area contributed by atoms with Crippen molar-refractivity contribution in [3.63, 3.8) is 0 Å². The van der Waals surface area contributed by atoms with Crippen molar-refractivity contribution in [2.75, 3.05) is 0 Å². The standard InChI is InChI=1S/C29H23N3O/c1-18-16-19(2)27(20(3)17-18)29-31-30-28(33-29)21-12-14-22(15-13-21)32-25-10-6-4-8-23(25)24-9-5-7-11-26(24)32/h4-17H,1-3H3. The van der Waals surface area contributed by atoms with E-state index in [-0.39, 0.29) is 0 Å². The summed E-state index contributed by atoms with van der Waals surface area (Å²) in [6.07, 6.45) is 0. The molecule has 6 aromatic rings. The number of para-hydroxylation sites is 2. The van der Waals surface area contributed by atoms with E-state index in [1.165, 1.54) is 27.4 Å². The molecule has 0 fully saturated rings. The molecule has 2 aromatic heterocycles. The Hall–Kier alpha value is -4.18. The number of aromatic nitrogens is 3. The van der Waals surface area contributed by atoms with E-state index in [9.17, 15) is 0 Å². The number of nitrogens with zero attached hydrogens (tertiary/aromatic N) is 3. The molecule has 0 spiro atoms. The molecule has 4 nitrogen and oxygen atoms in total. The second-order valence-electron chi connectivity index (χ2n) is 8.60. The number of aryl methyl sites for hydroxylation is 3. The zero-order valence-electron chi connectivity index (χ0n) is 18.8. The lowest BCUT2D eigenvalue weighted by atomic mass is 10.00. The van der Waals surface area contributed by atoms with Crippen LogP contribution in [0.2, 0.25) is 0 Å². The molecule has 160 valence electrons. The molecule has 4 aromatic carbocycles. The molecule has 2 heterocycles. The van der Waals surface area contributed by atoms with Crippen LogP contribution in [-0.2, 0) is 0 Å². The van der Waals surface area contributed by atoms with Crippen LogP contribution in [0.4, 0.5) is 0 Å². The molecular formula is C29H23N3O. The van der Waals surface area contributed by atoms with Gasteiger partial charge in [0.05, 0.1) is 11.0 Å². The molecule has 0 unspecified atom stereocenters. The maximum Gasteiger partial charge on any atom is 0.248 e. The molecule has 0 amide bonds. The molecule has 0 bridgehead atoms. The van der Waals surface area contributed by atoms with Crippen LogP contribution in [0.3, 0.4) is 0 Å². The second-order valence-corrected chi connectivity index (χ2v) is 8.60. The quantitative estimate of drug-likeness (QED) is 0.294. The Morgan fingerprint density at radius 3 is 1.79 bits per heavy atom. The molecule has 0 saturated heterocycles. The highest BCUT2D eigenvalue weighted by atomic mass is 16.4. The van der Waals surface area contributed by atoms with Gasteiger partial charge in [0, 0.05) is 27.6 Å². The summed E-state index contributed by atoms with van der Waals surface area (Å²) in [6.45, 7) is 6.27. The average Bonchev–Trinajstić information content (AvgIpc) is 3.42. The van der Waals surface area contributed by atoms with Gasteiger partial charge < -0.3 is 8.98 Å². The summed E-state index contributed by atoms with van der Waals surface area (Å²) in [5, 5.41) is 11.2.